The molecular formula is C10H21ClF2N2OS. The third-order valence-corrected chi connectivity index (χ3v) is 3.29. The standard InChI is InChI=1S/C10H20F2N2OS.ClH/c1-3-4-5-16-8(2)9(15)14-7-10(11,12)6-13;/h8H,3-7,13H2,1-2H3,(H,14,15);1H. The molecule has 0 aromatic carbocycles. The molecule has 1 atom stereocenters. The van der Waals surface area contributed by atoms with Crippen LogP contribution in [0.4, 0.5) is 8.78 Å². The lowest BCUT2D eigenvalue weighted by Gasteiger charge is -2.16. The van der Waals surface area contributed by atoms with E-state index in [-0.39, 0.29) is 23.6 Å². The number of nitrogens with one attached hydrogen (secondary N) is 1. The zero-order chi connectivity index (χ0) is 12.6. The minimum atomic E-state index is -3.01. The largest absolute Gasteiger partial charge is 0.349 e. The van der Waals surface area contributed by atoms with Gasteiger partial charge in [-0.25, -0.2) is 8.78 Å². The van der Waals surface area contributed by atoms with Crippen molar-refractivity contribution in [2.24, 2.45) is 5.73 Å². The molecule has 0 aliphatic carbocycles. The molecule has 0 radical (unpaired) electrons. The fourth-order valence-electron chi connectivity index (χ4n) is 0.912. The van der Waals surface area contributed by atoms with Crippen LogP contribution in [0.5, 0.6) is 0 Å². The molecule has 7 heteroatoms. The number of halogens is 3. The van der Waals surface area contributed by atoms with Crippen LogP contribution in [0.15, 0.2) is 0 Å². The highest BCUT2D eigenvalue weighted by molar-refractivity contribution is 8.00. The van der Waals surface area contributed by atoms with Crippen molar-refractivity contribution >= 4 is 30.1 Å². The summed E-state index contributed by atoms with van der Waals surface area (Å²) in [6.45, 7) is 2.36. The molecule has 0 aliphatic rings. The van der Waals surface area contributed by atoms with Crippen molar-refractivity contribution in [2.75, 3.05) is 18.8 Å². The molecule has 0 bridgehead atoms. The molecule has 0 aromatic rings. The molecule has 0 aromatic heterocycles. The van der Waals surface area contributed by atoms with Gasteiger partial charge in [0.1, 0.15) is 0 Å². The van der Waals surface area contributed by atoms with Gasteiger partial charge in [-0.15, -0.1) is 24.2 Å². The van der Waals surface area contributed by atoms with Crippen LogP contribution in [0, 0.1) is 0 Å². The van der Waals surface area contributed by atoms with Crippen LogP contribution in [-0.2, 0) is 4.79 Å². The van der Waals surface area contributed by atoms with Gasteiger partial charge in [-0.2, -0.15) is 0 Å². The summed E-state index contributed by atoms with van der Waals surface area (Å²) in [7, 11) is 0. The molecule has 3 N–H and O–H groups in total. The summed E-state index contributed by atoms with van der Waals surface area (Å²) in [6, 6.07) is 0. The Morgan fingerprint density at radius 2 is 2.12 bits per heavy atom. The van der Waals surface area contributed by atoms with E-state index >= 15 is 0 Å². The fourth-order valence-corrected chi connectivity index (χ4v) is 1.96. The Balaban J connectivity index is 0. The molecular weight excluding hydrogens is 270 g/mol. The summed E-state index contributed by atoms with van der Waals surface area (Å²) in [4.78, 5) is 11.4. The second-order valence-corrected chi connectivity index (χ2v) is 5.09. The normalized spacial score (nSPS) is 12.8. The van der Waals surface area contributed by atoms with Crippen molar-refractivity contribution < 1.29 is 13.6 Å². The van der Waals surface area contributed by atoms with Gasteiger partial charge in [0.15, 0.2) is 0 Å². The first-order chi connectivity index (χ1) is 7.43. The molecule has 1 unspecified atom stereocenters. The fraction of sp³-hybridized carbons (Fsp3) is 0.900. The second kappa shape index (κ2) is 9.91. The predicted octanol–water partition coefficient (Wildman–Crippen LogP) is 2.04. The van der Waals surface area contributed by atoms with E-state index in [1.165, 1.54) is 11.8 Å². The first kappa shape index (κ1) is 19.3. The number of hydrogen-bond donors (Lipinski definition) is 2. The van der Waals surface area contributed by atoms with E-state index < -0.39 is 19.0 Å². The molecule has 0 aliphatic heterocycles. The summed E-state index contributed by atoms with van der Waals surface area (Å²) in [5.41, 5.74) is 4.86. The van der Waals surface area contributed by atoms with E-state index in [9.17, 15) is 13.6 Å². The number of unbranched alkanes of at least 4 members (excludes halogenated alkanes) is 1. The summed E-state index contributed by atoms with van der Waals surface area (Å²) < 4.78 is 25.5. The SMILES string of the molecule is CCCCSC(C)C(=O)NCC(F)(F)CN.Cl. The zero-order valence-corrected chi connectivity index (χ0v) is 11.8. The van der Waals surface area contributed by atoms with Crippen LogP contribution in [0.3, 0.4) is 0 Å². The third kappa shape index (κ3) is 9.62. The Labute approximate surface area is 112 Å². The monoisotopic (exact) mass is 290 g/mol. The van der Waals surface area contributed by atoms with Crippen molar-refractivity contribution in [1.82, 2.24) is 5.32 Å². The summed E-state index contributed by atoms with van der Waals surface area (Å²) in [6.07, 6.45) is 2.09. The molecule has 0 heterocycles. The van der Waals surface area contributed by atoms with Crippen LogP contribution in [-0.4, -0.2) is 35.9 Å². The first-order valence-electron chi connectivity index (χ1n) is 5.40. The molecule has 0 saturated heterocycles. The van der Waals surface area contributed by atoms with Gasteiger partial charge in [-0.1, -0.05) is 13.3 Å². The number of amides is 1. The van der Waals surface area contributed by atoms with Gasteiger partial charge in [-0.3, -0.25) is 4.79 Å². The van der Waals surface area contributed by atoms with Crippen LogP contribution in [0.2, 0.25) is 0 Å². The average molecular weight is 291 g/mol. The van der Waals surface area contributed by atoms with E-state index in [0.29, 0.717) is 0 Å². The van der Waals surface area contributed by atoms with Gasteiger partial charge in [0, 0.05) is 0 Å². The number of carbonyl (C=O) groups excluding carboxylic acids is 1. The van der Waals surface area contributed by atoms with E-state index in [4.69, 9.17) is 5.73 Å². The Morgan fingerprint density at radius 3 is 2.59 bits per heavy atom. The number of alkyl halides is 2. The van der Waals surface area contributed by atoms with Crippen LogP contribution < -0.4 is 11.1 Å². The maximum atomic E-state index is 12.7. The molecule has 0 fully saturated rings. The molecule has 104 valence electrons. The lowest BCUT2D eigenvalue weighted by Crippen LogP contribution is -2.43. The summed E-state index contributed by atoms with van der Waals surface area (Å²) >= 11 is 1.48. The van der Waals surface area contributed by atoms with Crippen molar-refractivity contribution in [1.29, 1.82) is 0 Å². The Kier molecular flexibility index (Phi) is 11.2. The van der Waals surface area contributed by atoms with Crippen molar-refractivity contribution in [3.05, 3.63) is 0 Å². The highest BCUT2D eigenvalue weighted by Crippen LogP contribution is 2.14. The number of nitrogens with two attached hydrogens (primary N) is 1. The molecule has 0 rings (SSSR count). The van der Waals surface area contributed by atoms with Crippen molar-refractivity contribution in [2.45, 2.75) is 37.9 Å². The molecule has 1 amide bonds. The van der Waals surface area contributed by atoms with Gasteiger partial charge in [0.2, 0.25) is 5.91 Å². The van der Waals surface area contributed by atoms with Crippen LogP contribution >= 0.6 is 24.2 Å². The number of rotatable bonds is 8. The first-order valence-corrected chi connectivity index (χ1v) is 6.45. The highest BCUT2D eigenvalue weighted by atomic mass is 35.5. The van der Waals surface area contributed by atoms with Gasteiger partial charge >= 0.3 is 0 Å². The van der Waals surface area contributed by atoms with Gasteiger partial charge < -0.3 is 11.1 Å². The van der Waals surface area contributed by atoms with E-state index in [1.54, 1.807) is 6.92 Å². The average Bonchev–Trinajstić information content (AvgIpc) is 2.26. The zero-order valence-electron chi connectivity index (χ0n) is 10.2. The van der Waals surface area contributed by atoms with Crippen molar-refractivity contribution in [3.8, 4) is 0 Å². The van der Waals surface area contributed by atoms with E-state index in [1.807, 2.05) is 0 Å². The molecule has 3 nitrogen and oxygen atoms in total. The minimum absolute atomic E-state index is 0. The van der Waals surface area contributed by atoms with Crippen molar-refractivity contribution in [3.63, 3.8) is 0 Å². The highest BCUT2D eigenvalue weighted by Gasteiger charge is 2.28. The van der Waals surface area contributed by atoms with Crippen LogP contribution in [0.25, 0.3) is 0 Å². The number of carbonyl (C=O) groups is 1. The number of hydrogen-bond acceptors (Lipinski definition) is 3. The number of thioether (sulfide) groups is 1. The Morgan fingerprint density at radius 1 is 1.53 bits per heavy atom. The smallest absolute Gasteiger partial charge is 0.277 e. The minimum Gasteiger partial charge on any atom is -0.349 e. The van der Waals surface area contributed by atoms with Gasteiger partial charge in [0.05, 0.1) is 18.3 Å². The van der Waals surface area contributed by atoms with E-state index in [2.05, 4.69) is 12.2 Å². The molecule has 0 saturated carbocycles. The van der Waals surface area contributed by atoms with Crippen LogP contribution in [0.1, 0.15) is 26.7 Å². The third-order valence-electron chi connectivity index (χ3n) is 2.05. The summed E-state index contributed by atoms with van der Waals surface area (Å²) in [5.74, 6) is -2.49. The topological polar surface area (TPSA) is 55.1 Å². The van der Waals surface area contributed by atoms with Gasteiger partial charge in [0.25, 0.3) is 5.92 Å². The second-order valence-electron chi connectivity index (χ2n) is 3.64. The van der Waals surface area contributed by atoms with E-state index in [0.717, 1.165) is 18.6 Å². The Bertz CT molecular complexity index is 220. The molecule has 17 heavy (non-hydrogen) atoms. The maximum Gasteiger partial charge on any atom is 0.277 e. The van der Waals surface area contributed by atoms with Gasteiger partial charge in [-0.05, 0) is 19.1 Å². The molecule has 0 spiro atoms. The Hall–Kier alpha value is -0.0700. The maximum absolute atomic E-state index is 12.7. The summed E-state index contributed by atoms with van der Waals surface area (Å²) in [5, 5.41) is 1.92. The lowest BCUT2D eigenvalue weighted by molar-refractivity contribution is -0.122. The quantitative estimate of drug-likeness (QED) is 0.673. The predicted molar refractivity (Wildman–Crippen MR) is 71.1 cm³/mol. The lowest BCUT2D eigenvalue weighted by atomic mass is 10.3.